The number of ether oxygens (including phenoxy) is 13. The molecule has 37 N–H and O–H groups in total. The van der Waals surface area contributed by atoms with Crippen LogP contribution < -0.4 is 10.6 Å². The summed E-state index contributed by atoms with van der Waals surface area (Å²) in [7, 11) is 0. The molecule has 0 aromatic carbocycles. The molecule has 110 heavy (non-hydrogen) atoms. The first-order valence-electron chi connectivity index (χ1n) is 33.8. The SMILES string of the molecule is CC(=O)NC1C(O)OC(CO)C(OC2OC(CO)C(O)C(O)C2NC(C)=O)C1O.OCC1OC(O)C(O)C(O)C1O.OCC1OC(OC2C(CO)OC(O)C(O)C2O)C(O)C(O)C1O.OCC1OC(OC2C(CO)OC(O)C(O)C2O)C(O)C(O)C1O.OCC1OC(OCC2OC(O)C(O)C(O)C2O)C(O)C(O)C1O. The minimum absolute atomic E-state index is 0.468. The molecular formula is C58H106N2O50. The Morgan fingerprint density at radius 2 is 0.473 bits per heavy atom. The Morgan fingerprint density at radius 3 is 0.818 bits per heavy atom. The van der Waals surface area contributed by atoms with Crippen LogP contribution in [0.1, 0.15) is 13.8 Å². The molecule has 9 heterocycles. The molecule has 0 radical (unpaired) electrons. The lowest BCUT2D eigenvalue weighted by atomic mass is 9.94. The fourth-order valence-electron chi connectivity index (χ4n) is 12.1. The number of aliphatic hydroxyl groups excluding tert-OH is 35. The predicted octanol–water partition coefficient (Wildman–Crippen LogP) is -24.5. The van der Waals surface area contributed by atoms with E-state index in [1.54, 1.807) is 0 Å². The van der Waals surface area contributed by atoms with E-state index in [1.165, 1.54) is 0 Å². The van der Waals surface area contributed by atoms with Crippen molar-refractivity contribution in [2.24, 2.45) is 0 Å². The lowest BCUT2D eigenvalue weighted by Crippen LogP contribution is -2.69. The molecule has 52 heteroatoms. The zero-order valence-electron chi connectivity index (χ0n) is 58.1. The van der Waals surface area contributed by atoms with Crippen molar-refractivity contribution in [1.82, 2.24) is 10.6 Å². The lowest BCUT2D eigenvalue weighted by Gasteiger charge is -2.47. The van der Waals surface area contributed by atoms with Crippen molar-refractivity contribution in [3.05, 3.63) is 0 Å². The highest BCUT2D eigenvalue weighted by atomic mass is 16.8. The average molecular weight is 1630 g/mol. The van der Waals surface area contributed by atoms with Crippen molar-refractivity contribution >= 4 is 11.8 Å². The van der Waals surface area contributed by atoms with Crippen LogP contribution in [0.3, 0.4) is 0 Å². The molecule has 648 valence electrons. The third-order valence-corrected chi connectivity index (χ3v) is 18.6. The summed E-state index contributed by atoms with van der Waals surface area (Å²) in [6, 6.07) is -2.59. The Labute approximate surface area is 620 Å². The molecule has 0 aromatic rings. The number of carbonyl (C=O) groups excluding carboxylic acids is 2. The quantitative estimate of drug-likeness (QED) is 0.0571. The molecular weight excluding hydrogens is 1520 g/mol. The molecule has 0 aliphatic carbocycles. The smallest absolute Gasteiger partial charge is 0.217 e. The van der Waals surface area contributed by atoms with Crippen LogP contribution in [0, 0.1) is 0 Å². The second-order valence-electron chi connectivity index (χ2n) is 26.3. The summed E-state index contributed by atoms with van der Waals surface area (Å²) in [6.07, 6.45) is -65.2. The van der Waals surface area contributed by atoms with E-state index in [2.05, 4.69) is 15.4 Å². The van der Waals surface area contributed by atoms with Gasteiger partial charge in [-0.2, -0.15) is 0 Å². The van der Waals surface area contributed by atoms with Gasteiger partial charge in [0.05, 0.1) is 59.5 Å². The number of aliphatic hydroxyl groups is 35. The predicted molar refractivity (Wildman–Crippen MR) is 334 cm³/mol. The maximum Gasteiger partial charge on any atom is 0.217 e. The summed E-state index contributed by atoms with van der Waals surface area (Å²) in [5.74, 6) is -1.14. The van der Waals surface area contributed by atoms with E-state index in [9.17, 15) is 147 Å². The largest absolute Gasteiger partial charge is 0.394 e. The molecule has 45 unspecified atom stereocenters. The molecule has 0 spiro atoms. The lowest BCUT2D eigenvalue weighted by molar-refractivity contribution is -0.355. The molecule has 52 nitrogen and oxygen atoms in total. The van der Waals surface area contributed by atoms with Crippen LogP contribution in [0.25, 0.3) is 0 Å². The highest BCUT2D eigenvalue weighted by molar-refractivity contribution is 5.73. The number of carbonyl (C=O) groups is 2. The van der Waals surface area contributed by atoms with Gasteiger partial charge in [-0.3, -0.25) is 9.59 Å². The highest BCUT2D eigenvalue weighted by Crippen LogP contribution is 2.34. The van der Waals surface area contributed by atoms with Crippen LogP contribution in [-0.4, -0.2) is 526 Å². The van der Waals surface area contributed by atoms with Crippen molar-refractivity contribution in [3.8, 4) is 0 Å². The standard InChI is InChI=1S/C16H28N2O11.3C12H22O11.C6H12O6/c1-5(21)17-9-13(25)14(8(4-20)27-15(9)26)29-16-10(18-6(2)22)12(24)11(23)7(3-19)28-16;2*13-1-3-5(15)6(16)9(19)12(22-3)23-10-4(2-14)21-11(20)8(18)7(10)17;13-1-3-5(14)8(17)10(19)12(23-3)21-2-4-6(15)7(16)9(18)11(20)22-4;7-1-2-3(8)4(9)5(10)6(11)12-2/h7-16,19-20,23-26H,3-4H2,1-2H3,(H,17,21)(H,18,22);3*3-20H,1-2H2;2-11H,1H2. The van der Waals surface area contributed by atoms with Gasteiger partial charge in [0.15, 0.2) is 56.6 Å². The van der Waals surface area contributed by atoms with Crippen molar-refractivity contribution < 1.29 is 250 Å². The Morgan fingerprint density at radius 1 is 0.236 bits per heavy atom. The second kappa shape index (κ2) is 44.5. The summed E-state index contributed by atoms with van der Waals surface area (Å²) < 4.78 is 66.5. The molecule has 9 saturated heterocycles. The van der Waals surface area contributed by atoms with Gasteiger partial charge in [0.1, 0.15) is 220 Å². The van der Waals surface area contributed by atoms with Gasteiger partial charge in [0.25, 0.3) is 0 Å². The Balaban J connectivity index is 0.000000251. The first-order valence-corrected chi connectivity index (χ1v) is 33.8. The summed E-state index contributed by atoms with van der Waals surface area (Å²) in [4.78, 5) is 22.8. The number of hydrogen-bond donors (Lipinski definition) is 37. The van der Waals surface area contributed by atoms with Gasteiger partial charge < -0.3 is 251 Å². The van der Waals surface area contributed by atoms with Gasteiger partial charge in [-0.15, -0.1) is 0 Å². The van der Waals surface area contributed by atoms with Crippen molar-refractivity contribution in [2.45, 2.75) is 290 Å². The van der Waals surface area contributed by atoms with E-state index in [0.717, 1.165) is 13.8 Å². The molecule has 2 amide bonds. The van der Waals surface area contributed by atoms with Gasteiger partial charge in [-0.05, 0) is 0 Å². The molecule has 0 bridgehead atoms. The second-order valence-corrected chi connectivity index (χ2v) is 26.3. The minimum atomic E-state index is -1.74. The summed E-state index contributed by atoms with van der Waals surface area (Å²) >= 11 is 0. The zero-order chi connectivity index (χ0) is 83.1. The van der Waals surface area contributed by atoms with Crippen molar-refractivity contribution in [1.29, 1.82) is 0 Å². The van der Waals surface area contributed by atoms with E-state index in [0.29, 0.717) is 0 Å². The van der Waals surface area contributed by atoms with E-state index in [-0.39, 0.29) is 0 Å². The molecule has 0 aromatic heterocycles. The van der Waals surface area contributed by atoms with E-state index >= 15 is 0 Å². The van der Waals surface area contributed by atoms with Crippen LogP contribution in [0.2, 0.25) is 0 Å². The molecule has 0 saturated carbocycles. The monoisotopic (exact) mass is 1630 g/mol. The van der Waals surface area contributed by atoms with Crippen LogP contribution in [-0.2, 0) is 71.2 Å². The Hall–Kier alpha value is -2.98. The van der Waals surface area contributed by atoms with Crippen LogP contribution in [0.5, 0.6) is 0 Å². The number of amides is 2. The molecule has 9 aliphatic heterocycles. The maximum absolute atomic E-state index is 11.5. The number of rotatable bonds is 19. The van der Waals surface area contributed by atoms with Gasteiger partial charge in [-0.1, -0.05) is 0 Å². The third kappa shape index (κ3) is 23.9. The van der Waals surface area contributed by atoms with Crippen LogP contribution in [0.15, 0.2) is 0 Å². The van der Waals surface area contributed by atoms with Crippen LogP contribution in [0.4, 0.5) is 0 Å². The molecule has 9 fully saturated rings. The summed E-state index contributed by atoms with van der Waals surface area (Å²) in [6.45, 7) is -3.35. The topological polar surface area (TPSA) is 886 Å². The van der Waals surface area contributed by atoms with E-state index in [1.807, 2.05) is 0 Å². The van der Waals surface area contributed by atoms with Gasteiger partial charge in [0, 0.05) is 13.8 Å². The first-order chi connectivity index (χ1) is 51.6. The van der Waals surface area contributed by atoms with E-state index < -0.39 is 348 Å². The summed E-state index contributed by atoms with van der Waals surface area (Å²) in [5, 5.41) is 338. The van der Waals surface area contributed by atoms with E-state index in [4.69, 9.17) is 97.7 Å². The highest BCUT2D eigenvalue weighted by Gasteiger charge is 2.56. The number of nitrogens with one attached hydrogen (secondary N) is 2. The number of hydrogen-bond acceptors (Lipinski definition) is 50. The normalized spacial score (nSPS) is 49.1. The van der Waals surface area contributed by atoms with Crippen LogP contribution >= 0.6 is 0 Å². The molecule has 45 atom stereocenters. The zero-order valence-corrected chi connectivity index (χ0v) is 58.1. The minimum Gasteiger partial charge on any atom is -0.394 e. The average Bonchev–Trinajstić information content (AvgIpc) is 0.789. The summed E-state index contributed by atoms with van der Waals surface area (Å²) in [5.41, 5.74) is 0. The molecule has 9 rings (SSSR count). The fraction of sp³-hybridized carbons (Fsp3) is 0.966. The fourth-order valence-corrected chi connectivity index (χ4v) is 12.1. The van der Waals surface area contributed by atoms with Crippen molar-refractivity contribution in [2.75, 3.05) is 59.5 Å². The molecule has 9 aliphatic rings. The Bertz CT molecular complexity index is 2560. The van der Waals surface area contributed by atoms with Crippen molar-refractivity contribution in [3.63, 3.8) is 0 Å². The Kier molecular flexibility index (Phi) is 39.5. The van der Waals surface area contributed by atoms with Gasteiger partial charge in [-0.25, -0.2) is 0 Å². The van der Waals surface area contributed by atoms with Gasteiger partial charge >= 0.3 is 0 Å². The third-order valence-electron chi connectivity index (χ3n) is 18.6. The van der Waals surface area contributed by atoms with Gasteiger partial charge in [0.2, 0.25) is 11.8 Å². The maximum atomic E-state index is 11.5. The first kappa shape index (κ1) is 97.6.